The number of amides is 1. The molecular formula is C25H18F2N2O3S2. The van der Waals surface area contributed by atoms with E-state index < -0.39 is 21.7 Å². The molecule has 172 valence electrons. The quantitative estimate of drug-likeness (QED) is 0.383. The molecule has 2 heterocycles. The Morgan fingerprint density at radius 1 is 0.912 bits per heavy atom. The van der Waals surface area contributed by atoms with Gasteiger partial charge in [-0.1, -0.05) is 18.2 Å². The lowest BCUT2D eigenvalue weighted by Crippen LogP contribution is -2.17. The van der Waals surface area contributed by atoms with E-state index in [1.165, 1.54) is 23.5 Å². The van der Waals surface area contributed by atoms with E-state index in [-0.39, 0.29) is 16.5 Å². The Balaban J connectivity index is 1.42. The summed E-state index contributed by atoms with van der Waals surface area (Å²) in [4.78, 5) is 15.6. The van der Waals surface area contributed by atoms with Gasteiger partial charge in [0.2, 0.25) is 0 Å². The molecule has 1 aliphatic rings. The lowest BCUT2D eigenvalue weighted by atomic mass is 10.1. The van der Waals surface area contributed by atoms with E-state index in [9.17, 15) is 22.0 Å². The molecule has 0 atom stereocenters. The number of sulfonamides is 1. The molecule has 4 aromatic rings. The van der Waals surface area contributed by atoms with Crippen LogP contribution in [0.1, 0.15) is 15.9 Å². The summed E-state index contributed by atoms with van der Waals surface area (Å²) >= 11 is 1.50. The molecular weight excluding hydrogens is 478 g/mol. The first-order chi connectivity index (χ1) is 16.2. The second-order valence-corrected chi connectivity index (χ2v) is 10.7. The number of hydrogen-bond donors (Lipinski definition) is 1. The highest BCUT2D eigenvalue weighted by molar-refractivity contribution is 7.92. The SMILES string of the molecule is CN1Cc2cc(-c3ccc(-c4cccc(S(=O)(=O)Nc5ccc(F)cc5F)c4)s3)ccc2C1=O. The number of fused-ring (bicyclic) bond motifs is 1. The van der Waals surface area contributed by atoms with E-state index in [0.717, 1.165) is 33.0 Å². The molecule has 1 aromatic heterocycles. The summed E-state index contributed by atoms with van der Waals surface area (Å²) in [5, 5.41) is 0. The third-order valence-electron chi connectivity index (χ3n) is 5.58. The second kappa shape index (κ2) is 8.34. The minimum absolute atomic E-state index is 0.0144. The van der Waals surface area contributed by atoms with E-state index >= 15 is 0 Å². The molecule has 34 heavy (non-hydrogen) atoms. The predicted molar refractivity (Wildman–Crippen MR) is 128 cm³/mol. The second-order valence-electron chi connectivity index (χ2n) is 7.95. The summed E-state index contributed by atoms with van der Waals surface area (Å²) in [7, 11) is -2.32. The van der Waals surface area contributed by atoms with Gasteiger partial charge in [-0.15, -0.1) is 11.3 Å². The molecule has 0 bridgehead atoms. The van der Waals surface area contributed by atoms with Gasteiger partial charge in [0, 0.05) is 35.0 Å². The molecule has 0 saturated carbocycles. The Morgan fingerprint density at radius 2 is 1.65 bits per heavy atom. The third-order valence-corrected chi connectivity index (χ3v) is 8.13. The molecule has 0 radical (unpaired) electrons. The molecule has 3 aromatic carbocycles. The number of nitrogens with zero attached hydrogens (tertiary/aromatic N) is 1. The van der Waals surface area contributed by atoms with Crippen LogP contribution in [0.5, 0.6) is 0 Å². The summed E-state index contributed by atoms with van der Waals surface area (Å²) in [6.45, 7) is 0.571. The Morgan fingerprint density at radius 3 is 2.38 bits per heavy atom. The van der Waals surface area contributed by atoms with E-state index in [1.54, 1.807) is 24.1 Å². The number of nitrogens with one attached hydrogen (secondary N) is 1. The number of carbonyl (C=O) groups is 1. The third kappa shape index (κ3) is 4.08. The number of hydrogen-bond acceptors (Lipinski definition) is 4. The average Bonchev–Trinajstić information content (AvgIpc) is 3.41. The summed E-state index contributed by atoms with van der Waals surface area (Å²) in [6.07, 6.45) is 0. The Hall–Kier alpha value is -3.56. The van der Waals surface area contributed by atoms with Crippen molar-refractivity contribution in [2.45, 2.75) is 11.4 Å². The Bertz CT molecular complexity index is 1550. The largest absolute Gasteiger partial charge is 0.337 e. The van der Waals surface area contributed by atoms with Crippen molar-refractivity contribution >= 4 is 33.0 Å². The minimum atomic E-state index is -4.09. The van der Waals surface area contributed by atoms with E-state index in [1.807, 2.05) is 30.3 Å². The lowest BCUT2D eigenvalue weighted by molar-refractivity contribution is 0.0816. The van der Waals surface area contributed by atoms with Crippen LogP contribution < -0.4 is 4.72 Å². The summed E-state index contributed by atoms with van der Waals surface area (Å²) in [6, 6.07) is 18.6. The molecule has 0 spiro atoms. The van der Waals surface area contributed by atoms with Crippen molar-refractivity contribution in [3.63, 3.8) is 0 Å². The number of carbonyl (C=O) groups excluding carboxylic acids is 1. The van der Waals surface area contributed by atoms with Crippen LogP contribution in [0.3, 0.4) is 0 Å². The highest BCUT2D eigenvalue weighted by Gasteiger charge is 2.24. The zero-order valence-electron chi connectivity index (χ0n) is 17.9. The molecule has 0 aliphatic carbocycles. The predicted octanol–water partition coefficient (Wildman–Crippen LogP) is 5.75. The fraction of sp³-hybridized carbons (Fsp3) is 0.0800. The molecule has 0 fully saturated rings. The number of benzene rings is 3. The van der Waals surface area contributed by atoms with Crippen molar-refractivity contribution in [2.24, 2.45) is 0 Å². The monoisotopic (exact) mass is 496 g/mol. The van der Waals surface area contributed by atoms with Gasteiger partial charge in [0.25, 0.3) is 15.9 Å². The van der Waals surface area contributed by atoms with Crippen molar-refractivity contribution in [3.8, 4) is 20.9 Å². The number of anilines is 1. The Labute approximate surface area is 199 Å². The van der Waals surface area contributed by atoms with Gasteiger partial charge in [-0.25, -0.2) is 17.2 Å². The van der Waals surface area contributed by atoms with Crippen molar-refractivity contribution in [1.29, 1.82) is 0 Å². The van der Waals surface area contributed by atoms with Crippen LogP contribution in [0, 0.1) is 11.6 Å². The van der Waals surface area contributed by atoms with Gasteiger partial charge in [0.15, 0.2) is 0 Å². The van der Waals surface area contributed by atoms with Crippen LogP contribution in [0.25, 0.3) is 20.9 Å². The van der Waals surface area contributed by atoms with Crippen molar-refractivity contribution in [2.75, 3.05) is 11.8 Å². The fourth-order valence-electron chi connectivity index (χ4n) is 3.86. The maximum Gasteiger partial charge on any atom is 0.262 e. The molecule has 1 N–H and O–H groups in total. The average molecular weight is 497 g/mol. The Kier molecular flexibility index (Phi) is 5.45. The van der Waals surface area contributed by atoms with Crippen LogP contribution in [0.2, 0.25) is 0 Å². The van der Waals surface area contributed by atoms with Crippen molar-refractivity contribution in [3.05, 3.63) is 95.6 Å². The maximum atomic E-state index is 13.9. The van der Waals surface area contributed by atoms with Crippen LogP contribution >= 0.6 is 11.3 Å². The normalized spacial score (nSPS) is 13.3. The van der Waals surface area contributed by atoms with Gasteiger partial charge in [-0.3, -0.25) is 9.52 Å². The van der Waals surface area contributed by atoms with Crippen molar-refractivity contribution < 1.29 is 22.0 Å². The summed E-state index contributed by atoms with van der Waals surface area (Å²) < 4.78 is 54.9. The first kappa shape index (κ1) is 22.2. The van der Waals surface area contributed by atoms with E-state index in [2.05, 4.69) is 4.72 Å². The first-order valence-electron chi connectivity index (χ1n) is 10.3. The summed E-state index contributed by atoms with van der Waals surface area (Å²) in [5.41, 5.74) is 3.04. The zero-order valence-corrected chi connectivity index (χ0v) is 19.5. The van der Waals surface area contributed by atoms with Gasteiger partial charge >= 0.3 is 0 Å². The highest BCUT2D eigenvalue weighted by atomic mass is 32.2. The van der Waals surface area contributed by atoms with Gasteiger partial charge in [-0.05, 0) is 65.2 Å². The summed E-state index contributed by atoms with van der Waals surface area (Å²) in [5.74, 6) is -1.77. The lowest BCUT2D eigenvalue weighted by Gasteiger charge is -2.10. The van der Waals surface area contributed by atoms with Crippen LogP contribution in [0.4, 0.5) is 14.5 Å². The topological polar surface area (TPSA) is 66.5 Å². The smallest absolute Gasteiger partial charge is 0.262 e. The highest BCUT2D eigenvalue weighted by Crippen LogP contribution is 2.37. The number of thiophene rings is 1. The van der Waals surface area contributed by atoms with Crippen LogP contribution in [-0.4, -0.2) is 26.3 Å². The van der Waals surface area contributed by atoms with Gasteiger partial charge in [-0.2, -0.15) is 0 Å². The fourth-order valence-corrected chi connectivity index (χ4v) is 5.97. The minimum Gasteiger partial charge on any atom is -0.337 e. The molecule has 9 heteroatoms. The van der Waals surface area contributed by atoms with Gasteiger partial charge < -0.3 is 4.90 Å². The molecule has 1 aliphatic heterocycles. The van der Waals surface area contributed by atoms with Gasteiger partial charge in [0.1, 0.15) is 11.6 Å². The molecule has 5 rings (SSSR count). The molecule has 1 amide bonds. The van der Waals surface area contributed by atoms with E-state index in [4.69, 9.17) is 0 Å². The molecule has 0 unspecified atom stereocenters. The van der Waals surface area contributed by atoms with Crippen LogP contribution in [0.15, 0.2) is 77.7 Å². The standard InChI is InChI=1S/C25H18F2N2O3S2/c1-29-14-17-11-16(5-7-20(17)25(29)30)24-10-9-23(33-24)15-3-2-4-19(12-15)34(31,32)28-22-8-6-18(26)13-21(22)27/h2-13,28H,14H2,1H3. The molecule has 0 saturated heterocycles. The zero-order chi connectivity index (χ0) is 24.0. The first-order valence-corrected chi connectivity index (χ1v) is 12.6. The molecule has 5 nitrogen and oxygen atoms in total. The number of halogens is 2. The number of rotatable bonds is 5. The van der Waals surface area contributed by atoms with E-state index in [0.29, 0.717) is 23.7 Å². The van der Waals surface area contributed by atoms with Crippen molar-refractivity contribution in [1.82, 2.24) is 4.90 Å². The maximum absolute atomic E-state index is 13.9. The van der Waals surface area contributed by atoms with Crippen LogP contribution in [-0.2, 0) is 16.6 Å². The van der Waals surface area contributed by atoms with Gasteiger partial charge in [0.05, 0.1) is 10.6 Å².